The minimum Gasteiger partial charge on any atom is -0.398 e. The van der Waals surface area contributed by atoms with Crippen molar-refractivity contribution < 1.29 is 14.0 Å². The van der Waals surface area contributed by atoms with E-state index in [2.05, 4.69) is 5.32 Å². The highest BCUT2D eigenvalue weighted by Crippen LogP contribution is 2.24. The molecule has 5 nitrogen and oxygen atoms in total. The third kappa shape index (κ3) is 2.25. The number of urea groups is 1. The smallest absolute Gasteiger partial charge is 0.325 e. The third-order valence-corrected chi connectivity index (χ3v) is 3.49. The minimum absolute atomic E-state index is 0.0480. The second kappa shape index (κ2) is 4.53. The Balaban J connectivity index is 2.24. The number of carbonyl (C=O) groups excluding carboxylic acids is 2. The van der Waals surface area contributed by atoms with Gasteiger partial charge in [-0.15, -0.1) is 0 Å². The zero-order chi connectivity index (χ0) is 14.2. The number of halogens is 1. The van der Waals surface area contributed by atoms with Crippen LogP contribution in [0.5, 0.6) is 0 Å². The number of benzene rings is 1. The fourth-order valence-corrected chi connectivity index (χ4v) is 2.01. The number of nitrogens with one attached hydrogen (secondary N) is 1. The third-order valence-electron chi connectivity index (χ3n) is 3.49. The number of hydrogen-bond donors (Lipinski definition) is 2. The molecule has 1 unspecified atom stereocenters. The molecule has 1 fully saturated rings. The lowest BCUT2D eigenvalue weighted by atomic mass is 9.99. The monoisotopic (exact) mass is 265 g/mol. The number of anilines is 1. The van der Waals surface area contributed by atoms with Crippen molar-refractivity contribution in [2.24, 2.45) is 0 Å². The Labute approximate surface area is 110 Å². The first kappa shape index (κ1) is 13.3. The van der Waals surface area contributed by atoms with Crippen molar-refractivity contribution in [2.75, 3.05) is 5.73 Å². The molecule has 0 aliphatic carbocycles. The molecule has 2 rings (SSSR count). The topological polar surface area (TPSA) is 75.4 Å². The maximum atomic E-state index is 13.0. The molecule has 0 spiro atoms. The summed E-state index contributed by atoms with van der Waals surface area (Å²) in [7, 11) is 0. The zero-order valence-corrected chi connectivity index (χ0v) is 10.9. The second-order valence-electron chi connectivity index (χ2n) is 4.85. The molecule has 1 aromatic rings. The van der Waals surface area contributed by atoms with E-state index < -0.39 is 17.4 Å². The lowest BCUT2D eigenvalue weighted by Gasteiger charge is -2.19. The second-order valence-corrected chi connectivity index (χ2v) is 4.85. The molecule has 1 aliphatic heterocycles. The molecule has 1 aromatic carbocycles. The first-order valence-electron chi connectivity index (χ1n) is 6.05. The molecule has 3 N–H and O–H groups in total. The van der Waals surface area contributed by atoms with Crippen molar-refractivity contribution in [3.8, 4) is 0 Å². The van der Waals surface area contributed by atoms with Gasteiger partial charge in [-0.3, -0.25) is 9.69 Å². The fraction of sp³-hybridized carbons (Fsp3) is 0.385. The summed E-state index contributed by atoms with van der Waals surface area (Å²) in [5.74, 6) is -0.736. The van der Waals surface area contributed by atoms with Crippen LogP contribution in [-0.4, -0.2) is 22.4 Å². The van der Waals surface area contributed by atoms with Crippen LogP contribution in [0.2, 0.25) is 0 Å². The van der Waals surface area contributed by atoms with Gasteiger partial charge in [0, 0.05) is 5.69 Å². The Morgan fingerprint density at radius 2 is 2.11 bits per heavy atom. The van der Waals surface area contributed by atoms with Gasteiger partial charge in [0.15, 0.2) is 0 Å². The molecule has 0 aromatic heterocycles. The Morgan fingerprint density at radius 1 is 1.42 bits per heavy atom. The van der Waals surface area contributed by atoms with Crippen molar-refractivity contribution >= 4 is 17.6 Å². The van der Waals surface area contributed by atoms with E-state index in [9.17, 15) is 14.0 Å². The average Bonchev–Trinajstić information content (AvgIpc) is 2.56. The van der Waals surface area contributed by atoms with Gasteiger partial charge in [-0.25, -0.2) is 9.18 Å². The lowest BCUT2D eigenvalue weighted by Crippen LogP contribution is -2.43. The van der Waals surface area contributed by atoms with Gasteiger partial charge in [0.1, 0.15) is 11.4 Å². The maximum Gasteiger partial charge on any atom is 0.325 e. The van der Waals surface area contributed by atoms with Crippen LogP contribution in [0.15, 0.2) is 18.2 Å². The van der Waals surface area contributed by atoms with Gasteiger partial charge in [0.05, 0.1) is 6.54 Å². The Bertz CT molecular complexity index is 547. The zero-order valence-electron chi connectivity index (χ0n) is 10.9. The molecule has 3 amide bonds. The first-order valence-corrected chi connectivity index (χ1v) is 6.05. The van der Waals surface area contributed by atoms with E-state index in [0.29, 0.717) is 12.0 Å². The van der Waals surface area contributed by atoms with Crippen molar-refractivity contribution in [3.63, 3.8) is 0 Å². The van der Waals surface area contributed by atoms with E-state index in [0.717, 1.165) is 4.90 Å². The van der Waals surface area contributed by atoms with E-state index >= 15 is 0 Å². The molecule has 0 bridgehead atoms. The van der Waals surface area contributed by atoms with Gasteiger partial charge in [0.25, 0.3) is 5.91 Å². The van der Waals surface area contributed by atoms with Gasteiger partial charge in [-0.1, -0.05) is 13.0 Å². The number of nitrogens with two attached hydrogens (primary N) is 1. The number of imide groups is 1. The van der Waals surface area contributed by atoms with Crippen LogP contribution in [0.1, 0.15) is 25.8 Å². The Morgan fingerprint density at radius 3 is 2.63 bits per heavy atom. The molecular formula is C13H16FN3O2. The number of amides is 3. The first-order chi connectivity index (χ1) is 8.87. The summed E-state index contributed by atoms with van der Waals surface area (Å²) in [4.78, 5) is 25.1. The Kier molecular flexibility index (Phi) is 3.18. The summed E-state index contributed by atoms with van der Waals surface area (Å²) in [5, 5.41) is 2.65. The highest BCUT2D eigenvalue weighted by atomic mass is 19.1. The number of nitrogen functional groups attached to an aromatic ring is 1. The number of nitrogens with zero attached hydrogens (tertiary/aromatic N) is 1. The molecule has 1 atom stereocenters. The standard InChI is InChI=1S/C13H16FN3O2/c1-3-13(2)11(18)17(12(19)16-13)7-8-4-5-9(14)6-10(8)15/h4-6H,3,7,15H2,1-2H3,(H,16,19). The van der Waals surface area contributed by atoms with Crippen molar-refractivity contribution in [2.45, 2.75) is 32.4 Å². The maximum absolute atomic E-state index is 13.0. The molecule has 0 radical (unpaired) electrons. The lowest BCUT2D eigenvalue weighted by molar-refractivity contribution is -0.131. The molecule has 6 heteroatoms. The predicted octanol–water partition coefficient (Wildman–Crippen LogP) is 1.63. The highest BCUT2D eigenvalue weighted by molar-refractivity contribution is 6.06. The minimum atomic E-state index is -0.869. The van der Waals surface area contributed by atoms with Gasteiger partial charge in [-0.05, 0) is 31.0 Å². The van der Waals surface area contributed by atoms with Crippen molar-refractivity contribution in [1.29, 1.82) is 0 Å². The molecule has 102 valence electrons. The molecular weight excluding hydrogens is 249 g/mol. The number of hydrogen-bond acceptors (Lipinski definition) is 3. The highest BCUT2D eigenvalue weighted by Gasteiger charge is 2.46. The number of rotatable bonds is 3. The normalized spacial score (nSPS) is 22.8. The summed E-state index contributed by atoms with van der Waals surface area (Å²) in [6.45, 7) is 3.56. The summed E-state index contributed by atoms with van der Waals surface area (Å²) < 4.78 is 13.0. The molecule has 1 saturated heterocycles. The van der Waals surface area contributed by atoms with Crippen LogP contribution < -0.4 is 11.1 Å². The van der Waals surface area contributed by atoms with Crippen LogP contribution >= 0.6 is 0 Å². The summed E-state index contributed by atoms with van der Waals surface area (Å²) in [6, 6.07) is 3.46. The van der Waals surface area contributed by atoms with E-state index in [-0.39, 0.29) is 18.1 Å². The van der Waals surface area contributed by atoms with E-state index in [1.165, 1.54) is 18.2 Å². The van der Waals surface area contributed by atoms with Gasteiger partial charge in [0.2, 0.25) is 0 Å². The van der Waals surface area contributed by atoms with Crippen LogP contribution in [0, 0.1) is 5.82 Å². The van der Waals surface area contributed by atoms with Crippen molar-refractivity contribution in [1.82, 2.24) is 10.2 Å². The van der Waals surface area contributed by atoms with Gasteiger partial charge in [-0.2, -0.15) is 0 Å². The summed E-state index contributed by atoms with van der Waals surface area (Å²) in [6.07, 6.45) is 0.507. The van der Waals surface area contributed by atoms with E-state index in [1.807, 2.05) is 6.92 Å². The van der Waals surface area contributed by atoms with Gasteiger partial charge >= 0.3 is 6.03 Å². The van der Waals surface area contributed by atoms with Crippen LogP contribution in [-0.2, 0) is 11.3 Å². The van der Waals surface area contributed by atoms with Gasteiger partial charge < -0.3 is 11.1 Å². The SMILES string of the molecule is CCC1(C)NC(=O)N(Cc2ccc(F)cc2N)C1=O. The Hall–Kier alpha value is -2.11. The quantitative estimate of drug-likeness (QED) is 0.644. The van der Waals surface area contributed by atoms with E-state index in [1.54, 1.807) is 6.92 Å². The van der Waals surface area contributed by atoms with Crippen LogP contribution in [0.4, 0.5) is 14.9 Å². The van der Waals surface area contributed by atoms with Crippen LogP contribution in [0.3, 0.4) is 0 Å². The van der Waals surface area contributed by atoms with Crippen molar-refractivity contribution in [3.05, 3.63) is 29.6 Å². The van der Waals surface area contributed by atoms with E-state index in [4.69, 9.17) is 5.73 Å². The average molecular weight is 265 g/mol. The number of carbonyl (C=O) groups is 2. The molecule has 1 aliphatic rings. The summed E-state index contributed by atoms with van der Waals surface area (Å²) in [5.41, 5.74) is 5.59. The fourth-order valence-electron chi connectivity index (χ4n) is 2.01. The van der Waals surface area contributed by atoms with Crippen LogP contribution in [0.25, 0.3) is 0 Å². The molecule has 0 saturated carbocycles. The largest absolute Gasteiger partial charge is 0.398 e. The predicted molar refractivity (Wildman–Crippen MR) is 68.6 cm³/mol. The molecule has 1 heterocycles. The summed E-state index contributed by atoms with van der Waals surface area (Å²) >= 11 is 0. The molecule has 19 heavy (non-hydrogen) atoms.